The van der Waals surface area contributed by atoms with E-state index in [1.165, 1.54) is 46.2 Å². The van der Waals surface area contributed by atoms with Crippen LogP contribution in [0.2, 0.25) is 0 Å². The number of hydrogen-bond donors (Lipinski definition) is 0. The summed E-state index contributed by atoms with van der Waals surface area (Å²) in [6, 6.07) is 33.6. The molecule has 1 aliphatic rings. The van der Waals surface area contributed by atoms with Crippen molar-refractivity contribution in [3.63, 3.8) is 0 Å². The molecule has 0 N–H and O–H groups in total. The molecule has 0 atom stereocenters. The second-order valence-corrected chi connectivity index (χ2v) is 18.5. The van der Waals surface area contributed by atoms with Crippen molar-refractivity contribution < 1.29 is 4.74 Å². The van der Waals surface area contributed by atoms with Gasteiger partial charge in [0.05, 0.1) is 0 Å². The van der Waals surface area contributed by atoms with Gasteiger partial charge in [-0.15, -0.1) is 0 Å². The SMILES string of the molecule is CC(C)OC1=C(P(I)(c2ccccc2)(c2ccccc2)c2ccccc2)CCCCC1. The molecule has 0 amide bonds. The molecule has 0 unspecified atom stereocenters. The van der Waals surface area contributed by atoms with E-state index in [4.69, 9.17) is 4.74 Å². The molecule has 1 nitrogen and oxygen atoms in total. The zero-order chi connectivity index (χ0) is 21.8. The van der Waals surface area contributed by atoms with Gasteiger partial charge in [-0.25, -0.2) is 0 Å². The van der Waals surface area contributed by atoms with E-state index in [1.54, 1.807) is 0 Å². The van der Waals surface area contributed by atoms with Gasteiger partial charge in [0.1, 0.15) is 0 Å². The van der Waals surface area contributed by atoms with Gasteiger partial charge in [0, 0.05) is 0 Å². The van der Waals surface area contributed by atoms with E-state index in [2.05, 4.69) is 127 Å². The Hall–Kier alpha value is -1.64. The van der Waals surface area contributed by atoms with E-state index in [-0.39, 0.29) is 6.10 Å². The Kier molecular flexibility index (Phi) is 6.89. The molecule has 162 valence electrons. The summed E-state index contributed by atoms with van der Waals surface area (Å²) in [5.74, 6) is 1.23. The average Bonchev–Trinajstić information content (AvgIpc) is 3.06. The fraction of sp³-hybridized carbons (Fsp3) is 0.286. The van der Waals surface area contributed by atoms with Crippen LogP contribution in [0.25, 0.3) is 0 Å². The van der Waals surface area contributed by atoms with Crippen molar-refractivity contribution in [2.45, 2.75) is 52.1 Å². The van der Waals surface area contributed by atoms with E-state index in [1.807, 2.05) is 0 Å². The zero-order valence-corrected chi connectivity index (χ0v) is 21.6. The molecule has 0 spiro atoms. The molecule has 1 aliphatic carbocycles. The number of benzene rings is 3. The van der Waals surface area contributed by atoms with Gasteiger partial charge < -0.3 is 0 Å². The Labute approximate surface area is 200 Å². The van der Waals surface area contributed by atoms with Crippen LogP contribution < -0.4 is 15.9 Å². The maximum atomic E-state index is 6.63. The molecule has 3 heteroatoms. The van der Waals surface area contributed by atoms with Crippen molar-refractivity contribution in [3.8, 4) is 0 Å². The predicted octanol–water partition coefficient (Wildman–Crippen LogP) is 7.47. The summed E-state index contributed by atoms with van der Waals surface area (Å²) in [5, 5.41) is 5.76. The van der Waals surface area contributed by atoms with Crippen LogP contribution in [-0.4, -0.2) is 6.10 Å². The second-order valence-electron chi connectivity index (χ2n) is 8.61. The molecule has 0 saturated carbocycles. The van der Waals surface area contributed by atoms with Gasteiger partial charge in [0.25, 0.3) is 0 Å². The minimum absolute atomic E-state index is 0.177. The molecule has 3 aromatic carbocycles. The Balaban J connectivity index is 2.19. The molecule has 0 radical (unpaired) electrons. The molecular weight excluding hydrogens is 510 g/mol. The minimum atomic E-state index is -2.99. The monoisotopic (exact) mass is 542 g/mol. The van der Waals surface area contributed by atoms with Crippen molar-refractivity contribution in [1.82, 2.24) is 0 Å². The summed E-state index contributed by atoms with van der Waals surface area (Å²) < 4.78 is 3.64. The molecule has 0 aliphatic heterocycles. The van der Waals surface area contributed by atoms with Gasteiger partial charge in [0.2, 0.25) is 0 Å². The molecule has 4 rings (SSSR count). The molecule has 3 aromatic rings. The predicted molar refractivity (Wildman–Crippen MR) is 145 cm³/mol. The Bertz CT molecular complexity index is 929. The van der Waals surface area contributed by atoms with Crippen molar-refractivity contribution in [1.29, 1.82) is 0 Å². The van der Waals surface area contributed by atoms with Crippen molar-refractivity contribution in [3.05, 3.63) is 102 Å². The van der Waals surface area contributed by atoms with Crippen LogP contribution in [0.1, 0.15) is 46.0 Å². The van der Waals surface area contributed by atoms with Crippen LogP contribution in [0.15, 0.2) is 102 Å². The quantitative estimate of drug-likeness (QED) is 0.232. The van der Waals surface area contributed by atoms with Gasteiger partial charge >= 0.3 is 201 Å². The van der Waals surface area contributed by atoms with E-state index in [0.29, 0.717) is 0 Å². The molecule has 0 saturated heterocycles. The first-order chi connectivity index (χ1) is 15.1. The maximum absolute atomic E-state index is 6.63. The first-order valence-electron chi connectivity index (χ1n) is 11.3. The second kappa shape index (κ2) is 9.46. The third-order valence-corrected chi connectivity index (χ3v) is 18.3. The molecule has 0 aromatic heterocycles. The van der Waals surface area contributed by atoms with Gasteiger partial charge in [0.15, 0.2) is 0 Å². The number of rotatable bonds is 6. The van der Waals surface area contributed by atoms with Gasteiger partial charge in [-0.05, 0) is 0 Å². The van der Waals surface area contributed by atoms with Crippen LogP contribution in [0.4, 0.5) is 0 Å². The Morgan fingerprint density at radius 2 is 1.06 bits per heavy atom. The van der Waals surface area contributed by atoms with Crippen LogP contribution >= 0.6 is 26.3 Å². The number of ether oxygens (including phenoxy) is 1. The van der Waals surface area contributed by atoms with E-state index in [0.717, 1.165) is 12.8 Å². The summed E-state index contributed by atoms with van der Waals surface area (Å²) in [7, 11) is 0. The van der Waals surface area contributed by atoms with Crippen LogP contribution in [0, 0.1) is 0 Å². The van der Waals surface area contributed by atoms with Crippen molar-refractivity contribution in [2.24, 2.45) is 0 Å². The van der Waals surface area contributed by atoms with Crippen LogP contribution in [0.3, 0.4) is 0 Å². The molecule has 0 heterocycles. The van der Waals surface area contributed by atoms with Crippen molar-refractivity contribution in [2.75, 3.05) is 0 Å². The zero-order valence-electron chi connectivity index (χ0n) is 18.5. The number of allylic oxidation sites excluding steroid dienone is 2. The van der Waals surface area contributed by atoms with Crippen LogP contribution in [0.5, 0.6) is 0 Å². The average molecular weight is 542 g/mol. The summed E-state index contributed by atoms with van der Waals surface area (Å²) >= 11 is 2.90. The van der Waals surface area contributed by atoms with Gasteiger partial charge in [-0.3, -0.25) is 0 Å². The summed E-state index contributed by atoms with van der Waals surface area (Å²) in [6.07, 6.45) is 5.97. The molecule has 31 heavy (non-hydrogen) atoms. The van der Waals surface area contributed by atoms with Crippen LogP contribution in [-0.2, 0) is 4.74 Å². The van der Waals surface area contributed by atoms with Gasteiger partial charge in [-0.2, -0.15) is 0 Å². The number of halogens is 1. The van der Waals surface area contributed by atoms with E-state index < -0.39 is 4.25 Å². The Morgan fingerprint density at radius 1 is 0.645 bits per heavy atom. The summed E-state index contributed by atoms with van der Waals surface area (Å²) in [5.41, 5.74) is 0. The topological polar surface area (TPSA) is 9.23 Å². The third kappa shape index (κ3) is 3.98. The van der Waals surface area contributed by atoms with E-state index >= 15 is 0 Å². The first kappa shape index (κ1) is 22.6. The normalized spacial score (nSPS) is 16.5. The Morgan fingerprint density at radius 3 is 1.48 bits per heavy atom. The summed E-state index contributed by atoms with van der Waals surface area (Å²) in [4.78, 5) is 0. The van der Waals surface area contributed by atoms with E-state index in [9.17, 15) is 0 Å². The fourth-order valence-electron chi connectivity index (χ4n) is 4.93. The fourth-order valence-corrected chi connectivity index (χ4v) is 14.6. The van der Waals surface area contributed by atoms with Crippen molar-refractivity contribution >= 4 is 42.2 Å². The standard InChI is InChI=1S/C28H32IOP/c1-23(2)30-27-21-13-6-14-22-28(27)31(29,24-15-7-3-8-16-24,25-17-9-4-10-18-25)26-19-11-5-12-20-26/h3-5,7-12,15-20,23H,6,13-14,21-22H2,1-2H3. The molecule has 0 bridgehead atoms. The number of hydrogen-bond acceptors (Lipinski definition) is 1. The third-order valence-electron chi connectivity index (χ3n) is 6.25. The summed E-state index contributed by atoms with van der Waals surface area (Å²) in [6.45, 7) is 4.32. The molecule has 0 fully saturated rings. The molecular formula is C28H32IOP. The van der Waals surface area contributed by atoms with Gasteiger partial charge in [-0.1, -0.05) is 0 Å². The first-order valence-corrected chi connectivity index (χ1v) is 16.4.